The van der Waals surface area contributed by atoms with Crippen LogP contribution in [0.3, 0.4) is 0 Å². The van der Waals surface area contributed by atoms with Gasteiger partial charge in [-0.05, 0) is 30.3 Å². The number of methoxy groups -OCH3 is 2. The molecule has 2 nitrogen and oxygen atoms in total. The standard InChI is InChI=1S/C23H34O2Si/c1-5-6-7-8-9-10-19-26(4,22-15-11-20(24-2)12-16-22)23-17-13-21(25-3)14-18-23/h11-18H,5-10,19H2,1-4H3. The summed E-state index contributed by atoms with van der Waals surface area (Å²) in [6, 6.07) is 18.8. The number of ether oxygens (including phenoxy) is 2. The molecule has 0 fully saturated rings. The summed E-state index contributed by atoms with van der Waals surface area (Å²) in [6.45, 7) is 4.78. The van der Waals surface area contributed by atoms with E-state index in [1.165, 1.54) is 54.9 Å². The number of unbranched alkanes of at least 4 members (excludes halogenated alkanes) is 5. The monoisotopic (exact) mass is 370 g/mol. The first-order valence-electron chi connectivity index (χ1n) is 9.93. The van der Waals surface area contributed by atoms with Gasteiger partial charge in [-0.15, -0.1) is 0 Å². The topological polar surface area (TPSA) is 18.5 Å². The van der Waals surface area contributed by atoms with Crippen molar-refractivity contribution in [1.29, 1.82) is 0 Å². The van der Waals surface area contributed by atoms with Crippen molar-refractivity contribution in [2.45, 2.75) is 58.0 Å². The molecule has 0 atom stereocenters. The Bertz CT molecular complexity index is 587. The van der Waals surface area contributed by atoms with E-state index >= 15 is 0 Å². The van der Waals surface area contributed by atoms with E-state index in [0.29, 0.717) is 0 Å². The summed E-state index contributed by atoms with van der Waals surface area (Å²) >= 11 is 0. The van der Waals surface area contributed by atoms with Gasteiger partial charge in [-0.2, -0.15) is 0 Å². The van der Waals surface area contributed by atoms with Crippen LogP contribution in [-0.2, 0) is 0 Å². The van der Waals surface area contributed by atoms with Crippen LogP contribution in [0.25, 0.3) is 0 Å². The Balaban J connectivity index is 2.18. The largest absolute Gasteiger partial charge is 0.497 e. The van der Waals surface area contributed by atoms with E-state index in [-0.39, 0.29) is 0 Å². The van der Waals surface area contributed by atoms with Gasteiger partial charge in [0.25, 0.3) is 0 Å². The lowest BCUT2D eigenvalue weighted by Gasteiger charge is -2.29. The number of rotatable bonds is 11. The number of benzene rings is 2. The molecule has 2 aromatic carbocycles. The molecule has 0 saturated carbocycles. The summed E-state index contributed by atoms with van der Waals surface area (Å²) in [4.78, 5) is 0. The molecule has 0 saturated heterocycles. The molecule has 0 aliphatic heterocycles. The van der Waals surface area contributed by atoms with Crippen molar-refractivity contribution >= 4 is 18.4 Å². The zero-order chi connectivity index (χ0) is 18.8. The quantitative estimate of drug-likeness (QED) is 0.397. The van der Waals surface area contributed by atoms with E-state index in [1.54, 1.807) is 14.2 Å². The van der Waals surface area contributed by atoms with E-state index in [2.05, 4.69) is 62.0 Å². The second-order valence-electron chi connectivity index (χ2n) is 7.31. The van der Waals surface area contributed by atoms with Gasteiger partial charge in [0.05, 0.1) is 14.2 Å². The van der Waals surface area contributed by atoms with E-state index in [4.69, 9.17) is 9.47 Å². The molecule has 2 rings (SSSR count). The molecule has 26 heavy (non-hydrogen) atoms. The van der Waals surface area contributed by atoms with Gasteiger partial charge >= 0.3 is 0 Å². The van der Waals surface area contributed by atoms with Crippen LogP contribution in [0.1, 0.15) is 45.4 Å². The van der Waals surface area contributed by atoms with Crippen molar-refractivity contribution in [2.75, 3.05) is 14.2 Å². The van der Waals surface area contributed by atoms with E-state index in [9.17, 15) is 0 Å². The summed E-state index contributed by atoms with van der Waals surface area (Å²) in [5.41, 5.74) is 0. The average molecular weight is 371 g/mol. The van der Waals surface area contributed by atoms with Gasteiger partial charge in [-0.1, -0.05) is 86.6 Å². The summed E-state index contributed by atoms with van der Waals surface area (Å²) in [7, 11) is 1.70. The maximum absolute atomic E-state index is 5.35. The van der Waals surface area contributed by atoms with Crippen LogP contribution in [0.2, 0.25) is 12.6 Å². The fourth-order valence-electron chi connectivity index (χ4n) is 3.63. The van der Waals surface area contributed by atoms with Gasteiger partial charge in [0.15, 0.2) is 0 Å². The van der Waals surface area contributed by atoms with E-state index < -0.39 is 8.07 Å². The van der Waals surface area contributed by atoms with E-state index in [1.807, 2.05) is 0 Å². The highest BCUT2D eigenvalue weighted by molar-refractivity contribution is 7.01. The molecular formula is C23H34O2Si. The van der Waals surface area contributed by atoms with Gasteiger partial charge in [0, 0.05) is 0 Å². The lowest BCUT2D eigenvalue weighted by atomic mass is 10.1. The predicted octanol–water partition coefficient (Wildman–Crippen LogP) is 5.26. The summed E-state index contributed by atoms with van der Waals surface area (Å²) in [5.74, 6) is 1.86. The third-order valence-corrected chi connectivity index (χ3v) is 10.1. The Morgan fingerprint density at radius 3 is 1.50 bits per heavy atom. The Labute approximate surface area is 160 Å². The van der Waals surface area contributed by atoms with Crippen LogP contribution in [-0.4, -0.2) is 22.3 Å². The van der Waals surface area contributed by atoms with Gasteiger partial charge in [0.1, 0.15) is 19.6 Å². The first-order valence-corrected chi connectivity index (χ1v) is 12.6. The third kappa shape index (κ3) is 5.37. The predicted molar refractivity (Wildman–Crippen MR) is 115 cm³/mol. The molecule has 0 aliphatic rings. The Kier molecular flexibility index (Phi) is 8.24. The van der Waals surface area contributed by atoms with Gasteiger partial charge in [-0.25, -0.2) is 0 Å². The first kappa shape index (κ1) is 20.6. The highest BCUT2D eigenvalue weighted by Crippen LogP contribution is 2.20. The average Bonchev–Trinajstić information content (AvgIpc) is 2.70. The maximum atomic E-state index is 5.35. The van der Waals surface area contributed by atoms with Crippen molar-refractivity contribution in [1.82, 2.24) is 0 Å². The zero-order valence-electron chi connectivity index (χ0n) is 16.9. The van der Waals surface area contributed by atoms with Crippen LogP contribution in [0.4, 0.5) is 0 Å². The van der Waals surface area contributed by atoms with Crippen LogP contribution in [0, 0.1) is 0 Å². The van der Waals surface area contributed by atoms with E-state index in [0.717, 1.165) is 11.5 Å². The normalized spacial score (nSPS) is 11.4. The molecule has 3 heteroatoms. The molecule has 0 aromatic heterocycles. The van der Waals surface area contributed by atoms with Crippen molar-refractivity contribution in [2.24, 2.45) is 0 Å². The van der Waals surface area contributed by atoms with Gasteiger partial charge in [-0.3, -0.25) is 0 Å². The smallest absolute Gasteiger partial charge is 0.118 e. The molecule has 0 spiro atoms. The van der Waals surface area contributed by atoms with Gasteiger partial charge in [0.2, 0.25) is 0 Å². The lowest BCUT2D eigenvalue weighted by molar-refractivity contribution is 0.415. The van der Waals surface area contributed by atoms with Crippen LogP contribution in [0.15, 0.2) is 48.5 Å². The van der Waals surface area contributed by atoms with Crippen LogP contribution in [0.5, 0.6) is 11.5 Å². The Hall–Kier alpha value is -1.74. The SMILES string of the molecule is CCCCCCCC[Si](C)(c1ccc(OC)cc1)c1ccc(OC)cc1. The van der Waals surface area contributed by atoms with Crippen LogP contribution < -0.4 is 19.8 Å². The lowest BCUT2D eigenvalue weighted by Crippen LogP contribution is -2.55. The highest BCUT2D eigenvalue weighted by atomic mass is 28.3. The summed E-state index contributed by atoms with van der Waals surface area (Å²) < 4.78 is 10.7. The minimum absolute atomic E-state index is 0.930. The molecule has 0 N–H and O–H groups in total. The molecule has 0 aliphatic carbocycles. The first-order chi connectivity index (χ1) is 12.6. The van der Waals surface area contributed by atoms with Crippen molar-refractivity contribution in [3.8, 4) is 11.5 Å². The molecule has 0 heterocycles. The minimum Gasteiger partial charge on any atom is -0.497 e. The highest BCUT2D eigenvalue weighted by Gasteiger charge is 2.31. The van der Waals surface area contributed by atoms with Gasteiger partial charge < -0.3 is 9.47 Å². The second-order valence-corrected chi connectivity index (χ2v) is 11.6. The second kappa shape index (κ2) is 10.4. The summed E-state index contributed by atoms with van der Waals surface area (Å²) in [6.07, 6.45) is 8.07. The Morgan fingerprint density at radius 2 is 1.08 bits per heavy atom. The maximum Gasteiger partial charge on any atom is 0.118 e. The van der Waals surface area contributed by atoms with Crippen molar-refractivity contribution < 1.29 is 9.47 Å². The Morgan fingerprint density at radius 1 is 0.654 bits per heavy atom. The molecule has 0 bridgehead atoms. The number of hydrogen-bond donors (Lipinski definition) is 0. The fraction of sp³-hybridized carbons (Fsp3) is 0.478. The zero-order valence-corrected chi connectivity index (χ0v) is 17.9. The minimum atomic E-state index is -1.75. The molecule has 2 aromatic rings. The molecule has 0 radical (unpaired) electrons. The molecule has 0 amide bonds. The third-order valence-electron chi connectivity index (χ3n) is 5.48. The van der Waals surface area contributed by atoms with Crippen molar-refractivity contribution in [3.63, 3.8) is 0 Å². The molecule has 0 unspecified atom stereocenters. The summed E-state index contributed by atoms with van der Waals surface area (Å²) in [5, 5.41) is 2.97. The van der Waals surface area contributed by atoms with Crippen LogP contribution >= 0.6 is 0 Å². The molecular weight excluding hydrogens is 336 g/mol. The number of hydrogen-bond acceptors (Lipinski definition) is 2. The van der Waals surface area contributed by atoms with Crippen molar-refractivity contribution in [3.05, 3.63) is 48.5 Å². The molecule has 142 valence electrons. The fourth-order valence-corrected chi connectivity index (χ4v) is 7.30.